The van der Waals surface area contributed by atoms with E-state index in [0.717, 1.165) is 0 Å². The van der Waals surface area contributed by atoms with Gasteiger partial charge in [0.2, 0.25) is 0 Å². The second-order valence-electron chi connectivity index (χ2n) is 5.46. The summed E-state index contributed by atoms with van der Waals surface area (Å²) in [5, 5.41) is 18.7. The predicted octanol–water partition coefficient (Wildman–Crippen LogP) is 1.88. The van der Waals surface area contributed by atoms with Gasteiger partial charge in [0.05, 0.1) is 12.1 Å². The number of amides is 1. The highest BCUT2D eigenvalue weighted by atomic mass is 19.1. The summed E-state index contributed by atoms with van der Waals surface area (Å²) >= 11 is 0. The number of nitrogens with zero attached hydrogens (tertiary/aromatic N) is 1. The molecule has 2 atom stereocenters. The number of halogens is 1. The second kappa shape index (κ2) is 4.20. The average molecular weight is 233 g/mol. The summed E-state index contributed by atoms with van der Waals surface area (Å²) in [5.41, 5.74) is -1.51. The van der Waals surface area contributed by atoms with Gasteiger partial charge in [0.15, 0.2) is 0 Å². The van der Waals surface area contributed by atoms with Gasteiger partial charge >= 0.3 is 6.09 Å². The number of rotatable bonds is 1. The molecule has 0 aromatic carbocycles. The lowest BCUT2D eigenvalue weighted by Crippen LogP contribution is -2.65. The van der Waals surface area contributed by atoms with Crippen molar-refractivity contribution in [2.45, 2.75) is 45.3 Å². The van der Waals surface area contributed by atoms with E-state index in [2.05, 4.69) is 0 Å². The topological polar surface area (TPSA) is 60.8 Å². The Balaban J connectivity index is 3.12. The van der Waals surface area contributed by atoms with E-state index < -0.39 is 23.2 Å². The molecular formula is C11H20FNO3. The van der Waals surface area contributed by atoms with Crippen molar-refractivity contribution in [2.75, 3.05) is 13.2 Å². The Kier molecular flexibility index (Phi) is 3.47. The molecule has 1 aliphatic heterocycles. The largest absolute Gasteiger partial charge is 0.465 e. The molecule has 1 aliphatic rings. The minimum Gasteiger partial charge on any atom is -0.465 e. The highest BCUT2D eigenvalue weighted by Gasteiger charge is 2.52. The molecule has 0 aromatic heterocycles. The third-order valence-corrected chi connectivity index (χ3v) is 3.63. The summed E-state index contributed by atoms with van der Waals surface area (Å²) in [5.74, 6) is 0. The molecule has 0 spiro atoms. The SMILES string of the molecule is CC(C)(C)C1(CO)CC(F)CCN1C(=O)O. The summed E-state index contributed by atoms with van der Waals surface area (Å²) in [6.07, 6.45) is -1.85. The molecule has 1 heterocycles. The van der Waals surface area contributed by atoms with Crippen molar-refractivity contribution in [3.05, 3.63) is 0 Å². The quantitative estimate of drug-likeness (QED) is 0.727. The Hall–Kier alpha value is -0.840. The third kappa shape index (κ3) is 2.00. The van der Waals surface area contributed by atoms with E-state index >= 15 is 0 Å². The van der Waals surface area contributed by atoms with Gasteiger partial charge in [0.1, 0.15) is 6.17 Å². The smallest absolute Gasteiger partial charge is 0.407 e. The number of carbonyl (C=O) groups is 1. The van der Waals surface area contributed by atoms with Crippen LogP contribution in [0.15, 0.2) is 0 Å². The highest BCUT2D eigenvalue weighted by molar-refractivity contribution is 5.66. The summed E-state index contributed by atoms with van der Waals surface area (Å²) in [6, 6.07) is 0. The first kappa shape index (κ1) is 13.2. The fourth-order valence-corrected chi connectivity index (χ4v) is 2.44. The number of piperidine rings is 1. The Labute approximate surface area is 95.1 Å². The van der Waals surface area contributed by atoms with Gasteiger partial charge in [-0.15, -0.1) is 0 Å². The lowest BCUT2D eigenvalue weighted by atomic mass is 9.68. The average Bonchev–Trinajstić information content (AvgIpc) is 2.14. The number of hydrogen-bond donors (Lipinski definition) is 2. The van der Waals surface area contributed by atoms with Crippen LogP contribution in [0.4, 0.5) is 9.18 Å². The molecule has 0 saturated carbocycles. The highest BCUT2D eigenvalue weighted by Crippen LogP contribution is 2.43. The second-order valence-corrected chi connectivity index (χ2v) is 5.46. The minimum absolute atomic E-state index is 0.0688. The van der Waals surface area contributed by atoms with Crippen LogP contribution in [0.3, 0.4) is 0 Å². The number of hydrogen-bond acceptors (Lipinski definition) is 2. The van der Waals surface area contributed by atoms with E-state index in [1.165, 1.54) is 4.90 Å². The molecule has 0 aliphatic carbocycles. The van der Waals surface area contributed by atoms with Crippen LogP contribution in [-0.2, 0) is 0 Å². The first-order valence-electron chi connectivity index (χ1n) is 5.50. The normalized spacial score (nSPS) is 31.6. The maximum Gasteiger partial charge on any atom is 0.407 e. The molecule has 4 nitrogen and oxygen atoms in total. The fraction of sp³-hybridized carbons (Fsp3) is 0.909. The van der Waals surface area contributed by atoms with Crippen LogP contribution < -0.4 is 0 Å². The molecule has 1 amide bonds. The van der Waals surface area contributed by atoms with Gasteiger partial charge in [-0.25, -0.2) is 9.18 Å². The van der Waals surface area contributed by atoms with Crippen molar-refractivity contribution < 1.29 is 19.4 Å². The molecule has 2 N–H and O–H groups in total. The van der Waals surface area contributed by atoms with Crippen LogP contribution in [0, 0.1) is 5.41 Å². The van der Waals surface area contributed by atoms with Gasteiger partial charge in [-0.2, -0.15) is 0 Å². The lowest BCUT2D eigenvalue weighted by molar-refractivity contribution is -0.0782. The van der Waals surface area contributed by atoms with Gasteiger partial charge in [-0.3, -0.25) is 4.90 Å². The van der Waals surface area contributed by atoms with Gasteiger partial charge in [0, 0.05) is 13.0 Å². The molecular weight excluding hydrogens is 213 g/mol. The van der Waals surface area contributed by atoms with Gasteiger partial charge < -0.3 is 10.2 Å². The van der Waals surface area contributed by atoms with E-state index in [1.807, 2.05) is 20.8 Å². The van der Waals surface area contributed by atoms with Crippen molar-refractivity contribution in [1.29, 1.82) is 0 Å². The Bertz CT molecular complexity index is 277. The monoisotopic (exact) mass is 233 g/mol. The molecule has 0 bridgehead atoms. The molecule has 5 heteroatoms. The molecule has 0 aromatic rings. The lowest BCUT2D eigenvalue weighted by Gasteiger charge is -2.53. The van der Waals surface area contributed by atoms with Crippen molar-refractivity contribution in [2.24, 2.45) is 5.41 Å². The van der Waals surface area contributed by atoms with Crippen LogP contribution in [0.2, 0.25) is 0 Å². The Morgan fingerprint density at radius 1 is 1.56 bits per heavy atom. The number of alkyl halides is 1. The molecule has 94 valence electrons. The minimum atomic E-state index is -1.09. The molecule has 16 heavy (non-hydrogen) atoms. The molecule has 2 unspecified atom stereocenters. The van der Waals surface area contributed by atoms with Gasteiger partial charge in [-0.1, -0.05) is 20.8 Å². The van der Waals surface area contributed by atoms with Crippen LogP contribution in [0.25, 0.3) is 0 Å². The van der Waals surface area contributed by atoms with E-state index in [1.54, 1.807) is 0 Å². The first-order valence-corrected chi connectivity index (χ1v) is 5.50. The standard InChI is InChI=1S/C11H20FNO3/c1-10(2,3)11(7-14)6-8(12)4-5-13(11)9(15)16/h8,14H,4-7H2,1-3H3,(H,15,16). The molecule has 0 radical (unpaired) electrons. The van der Waals surface area contributed by atoms with Crippen LogP contribution in [0.1, 0.15) is 33.6 Å². The third-order valence-electron chi connectivity index (χ3n) is 3.63. The summed E-state index contributed by atoms with van der Waals surface area (Å²) in [7, 11) is 0. The molecule has 1 fully saturated rings. The van der Waals surface area contributed by atoms with Crippen LogP contribution >= 0.6 is 0 Å². The first-order chi connectivity index (χ1) is 7.24. The Morgan fingerprint density at radius 3 is 2.50 bits per heavy atom. The van der Waals surface area contributed by atoms with Crippen LogP contribution in [-0.4, -0.2) is 46.1 Å². The van der Waals surface area contributed by atoms with E-state index in [4.69, 9.17) is 5.11 Å². The zero-order chi connectivity index (χ0) is 12.6. The number of aliphatic hydroxyl groups is 1. The zero-order valence-corrected chi connectivity index (χ0v) is 10.0. The summed E-state index contributed by atoms with van der Waals surface area (Å²) < 4.78 is 13.5. The maximum atomic E-state index is 13.5. The van der Waals surface area contributed by atoms with E-state index in [0.29, 0.717) is 0 Å². The number of carboxylic acid groups (broad SMARTS) is 1. The van der Waals surface area contributed by atoms with Crippen molar-refractivity contribution in [1.82, 2.24) is 4.90 Å². The van der Waals surface area contributed by atoms with Gasteiger partial charge in [-0.05, 0) is 11.8 Å². The maximum absolute atomic E-state index is 13.5. The van der Waals surface area contributed by atoms with Gasteiger partial charge in [0.25, 0.3) is 0 Å². The molecule has 1 saturated heterocycles. The predicted molar refractivity (Wildman–Crippen MR) is 58.1 cm³/mol. The molecule has 1 rings (SSSR count). The van der Waals surface area contributed by atoms with E-state index in [-0.39, 0.29) is 26.0 Å². The fourth-order valence-electron chi connectivity index (χ4n) is 2.44. The van der Waals surface area contributed by atoms with E-state index in [9.17, 15) is 14.3 Å². The summed E-state index contributed by atoms with van der Waals surface area (Å²) in [4.78, 5) is 12.4. The van der Waals surface area contributed by atoms with Crippen LogP contribution in [0.5, 0.6) is 0 Å². The van der Waals surface area contributed by atoms with Crippen molar-refractivity contribution in [3.63, 3.8) is 0 Å². The summed E-state index contributed by atoms with van der Waals surface area (Å²) in [6.45, 7) is 5.29. The number of likely N-dealkylation sites (tertiary alicyclic amines) is 1. The Morgan fingerprint density at radius 2 is 2.12 bits per heavy atom. The van der Waals surface area contributed by atoms with Crippen molar-refractivity contribution in [3.8, 4) is 0 Å². The van der Waals surface area contributed by atoms with Crippen molar-refractivity contribution >= 4 is 6.09 Å². The zero-order valence-electron chi connectivity index (χ0n) is 10.0. The number of aliphatic hydroxyl groups excluding tert-OH is 1.